The fraction of sp³-hybridized carbons (Fsp3) is 0.200. The molecule has 0 aliphatic heterocycles. The lowest BCUT2D eigenvalue weighted by atomic mass is 10.4. The molecular formula is C15H16N2O3S2. The summed E-state index contributed by atoms with van der Waals surface area (Å²) in [6.07, 6.45) is 2.95. The zero-order valence-electron chi connectivity index (χ0n) is 12.0. The molecule has 0 aliphatic rings. The normalized spacial score (nSPS) is 11.7. The van der Waals surface area contributed by atoms with Crippen LogP contribution in [0.3, 0.4) is 0 Å². The fourth-order valence-corrected chi connectivity index (χ4v) is 3.49. The maximum atomic E-state index is 12.0. The average molecular weight is 336 g/mol. The maximum absolute atomic E-state index is 12.0. The third-order valence-corrected chi connectivity index (χ3v) is 5.34. The molecule has 1 aromatic carbocycles. The Bertz CT molecular complexity index is 765. The van der Waals surface area contributed by atoms with E-state index in [-0.39, 0.29) is 23.1 Å². The SMILES string of the molecule is Cc1nc(/C=C/C(=O)NCCS(=O)(=O)c2ccccc2)cs1. The van der Waals surface area contributed by atoms with Gasteiger partial charge in [-0.1, -0.05) is 18.2 Å². The highest BCUT2D eigenvalue weighted by Crippen LogP contribution is 2.10. The van der Waals surface area contributed by atoms with Gasteiger partial charge >= 0.3 is 0 Å². The van der Waals surface area contributed by atoms with Gasteiger partial charge in [0, 0.05) is 18.0 Å². The molecule has 1 N–H and O–H groups in total. The monoisotopic (exact) mass is 336 g/mol. The van der Waals surface area contributed by atoms with Crippen LogP contribution >= 0.6 is 11.3 Å². The Kier molecular flexibility index (Phi) is 5.46. The number of nitrogens with zero attached hydrogens (tertiary/aromatic N) is 1. The summed E-state index contributed by atoms with van der Waals surface area (Å²) in [5.74, 6) is -0.472. The first-order valence-corrected chi connectivity index (χ1v) is 9.16. The Morgan fingerprint density at radius 3 is 2.68 bits per heavy atom. The van der Waals surface area contributed by atoms with E-state index in [4.69, 9.17) is 0 Å². The van der Waals surface area contributed by atoms with E-state index in [0.717, 1.165) is 10.7 Å². The molecule has 22 heavy (non-hydrogen) atoms. The lowest BCUT2D eigenvalue weighted by Gasteiger charge is -2.04. The van der Waals surface area contributed by atoms with Gasteiger partial charge in [-0.3, -0.25) is 4.79 Å². The number of hydrogen-bond acceptors (Lipinski definition) is 5. The van der Waals surface area contributed by atoms with Gasteiger partial charge in [0.15, 0.2) is 9.84 Å². The second kappa shape index (κ2) is 7.33. The highest BCUT2D eigenvalue weighted by molar-refractivity contribution is 7.91. The van der Waals surface area contributed by atoms with Crippen LogP contribution in [-0.2, 0) is 14.6 Å². The van der Waals surface area contributed by atoms with Crippen LogP contribution in [0.2, 0.25) is 0 Å². The third-order valence-electron chi connectivity index (χ3n) is 2.81. The van der Waals surface area contributed by atoms with Gasteiger partial charge in [-0.25, -0.2) is 13.4 Å². The molecule has 0 radical (unpaired) electrons. The number of hydrogen-bond donors (Lipinski definition) is 1. The van der Waals surface area contributed by atoms with Gasteiger partial charge in [0.2, 0.25) is 5.91 Å². The lowest BCUT2D eigenvalue weighted by molar-refractivity contribution is -0.116. The average Bonchev–Trinajstić information content (AvgIpc) is 2.91. The molecule has 0 unspecified atom stereocenters. The Labute approximate surface area is 133 Å². The van der Waals surface area contributed by atoms with Gasteiger partial charge in [0.05, 0.1) is 21.3 Å². The molecule has 1 heterocycles. The van der Waals surface area contributed by atoms with Crippen molar-refractivity contribution < 1.29 is 13.2 Å². The number of aromatic nitrogens is 1. The fourth-order valence-electron chi connectivity index (χ4n) is 1.73. The molecule has 0 saturated heterocycles. The van der Waals surface area contributed by atoms with Crippen molar-refractivity contribution >= 4 is 33.2 Å². The standard InChI is InChI=1S/C15H16N2O3S2/c1-12-17-13(11-21-12)7-8-15(18)16-9-10-22(19,20)14-5-3-2-4-6-14/h2-8,11H,9-10H2,1H3,(H,16,18)/b8-7+. The number of nitrogens with one attached hydrogen (secondary N) is 1. The van der Waals surface area contributed by atoms with Crippen LogP contribution in [0, 0.1) is 6.92 Å². The van der Waals surface area contributed by atoms with Crippen molar-refractivity contribution in [3.8, 4) is 0 Å². The summed E-state index contributed by atoms with van der Waals surface area (Å²) in [7, 11) is -3.37. The number of rotatable bonds is 6. The second-order valence-corrected chi connectivity index (χ2v) is 7.72. The van der Waals surface area contributed by atoms with E-state index >= 15 is 0 Å². The summed E-state index contributed by atoms with van der Waals surface area (Å²) in [5, 5.41) is 5.33. The third kappa shape index (κ3) is 4.78. The molecular weight excluding hydrogens is 320 g/mol. The number of aryl methyl sites for hydroxylation is 1. The molecule has 1 aromatic heterocycles. The van der Waals surface area contributed by atoms with E-state index < -0.39 is 9.84 Å². The van der Waals surface area contributed by atoms with E-state index in [2.05, 4.69) is 10.3 Å². The molecule has 116 valence electrons. The first kappa shape index (κ1) is 16.4. The molecule has 0 fully saturated rings. The van der Waals surface area contributed by atoms with Gasteiger partial charge in [0.1, 0.15) is 0 Å². The molecule has 0 aliphatic carbocycles. The molecule has 0 spiro atoms. The molecule has 7 heteroatoms. The summed E-state index contributed by atoms with van der Waals surface area (Å²) in [4.78, 5) is 16.1. The number of benzene rings is 1. The quantitative estimate of drug-likeness (QED) is 0.819. The van der Waals surface area contributed by atoms with Gasteiger partial charge in [0.25, 0.3) is 0 Å². The molecule has 0 bridgehead atoms. The summed E-state index contributed by atoms with van der Waals surface area (Å²) in [6, 6.07) is 8.18. The molecule has 5 nitrogen and oxygen atoms in total. The summed E-state index contributed by atoms with van der Waals surface area (Å²) in [5.41, 5.74) is 0.717. The van der Waals surface area contributed by atoms with Crippen molar-refractivity contribution in [1.82, 2.24) is 10.3 Å². The Morgan fingerprint density at radius 1 is 1.32 bits per heavy atom. The van der Waals surface area contributed by atoms with Crippen molar-refractivity contribution in [1.29, 1.82) is 0 Å². The maximum Gasteiger partial charge on any atom is 0.244 e. The summed E-state index contributed by atoms with van der Waals surface area (Å²) in [6.45, 7) is 1.95. The predicted molar refractivity (Wildman–Crippen MR) is 87.4 cm³/mol. The summed E-state index contributed by atoms with van der Waals surface area (Å²) >= 11 is 1.50. The molecule has 0 saturated carbocycles. The highest BCUT2D eigenvalue weighted by Gasteiger charge is 2.13. The van der Waals surface area contributed by atoms with Crippen molar-refractivity contribution in [3.63, 3.8) is 0 Å². The first-order chi connectivity index (χ1) is 10.5. The van der Waals surface area contributed by atoms with Crippen molar-refractivity contribution in [3.05, 3.63) is 52.5 Å². The van der Waals surface area contributed by atoms with Crippen molar-refractivity contribution in [2.75, 3.05) is 12.3 Å². The Balaban J connectivity index is 1.83. The molecule has 2 aromatic rings. The van der Waals surface area contributed by atoms with Gasteiger partial charge in [-0.05, 0) is 25.1 Å². The predicted octanol–water partition coefficient (Wildman–Crippen LogP) is 2.05. The highest BCUT2D eigenvalue weighted by atomic mass is 32.2. The number of sulfone groups is 1. The van der Waals surface area contributed by atoms with E-state index in [0.29, 0.717) is 0 Å². The number of carbonyl (C=O) groups is 1. The zero-order chi connectivity index (χ0) is 16.0. The minimum atomic E-state index is -3.37. The van der Waals surface area contributed by atoms with E-state index in [1.54, 1.807) is 36.4 Å². The number of carbonyl (C=O) groups excluding carboxylic acids is 1. The van der Waals surface area contributed by atoms with Gasteiger partial charge < -0.3 is 5.32 Å². The molecule has 2 rings (SSSR count). The van der Waals surface area contributed by atoms with Crippen LogP contribution in [0.4, 0.5) is 0 Å². The number of thiazole rings is 1. The lowest BCUT2D eigenvalue weighted by Crippen LogP contribution is -2.27. The molecule has 1 amide bonds. The largest absolute Gasteiger partial charge is 0.352 e. The minimum absolute atomic E-state index is 0.0660. The first-order valence-electron chi connectivity index (χ1n) is 6.63. The van der Waals surface area contributed by atoms with Gasteiger partial charge in [-0.15, -0.1) is 11.3 Å². The van der Waals surface area contributed by atoms with Crippen LogP contribution in [-0.4, -0.2) is 31.6 Å². The summed E-state index contributed by atoms with van der Waals surface area (Å²) < 4.78 is 24.0. The van der Waals surface area contributed by atoms with Crippen LogP contribution in [0.1, 0.15) is 10.7 Å². The van der Waals surface area contributed by atoms with E-state index in [9.17, 15) is 13.2 Å². The van der Waals surface area contributed by atoms with Crippen molar-refractivity contribution in [2.45, 2.75) is 11.8 Å². The van der Waals surface area contributed by atoms with Crippen molar-refractivity contribution in [2.24, 2.45) is 0 Å². The van der Waals surface area contributed by atoms with Crippen LogP contribution in [0.5, 0.6) is 0 Å². The molecule has 0 atom stereocenters. The zero-order valence-corrected chi connectivity index (χ0v) is 13.7. The Hall–Kier alpha value is -1.99. The Morgan fingerprint density at radius 2 is 2.05 bits per heavy atom. The minimum Gasteiger partial charge on any atom is -0.352 e. The smallest absolute Gasteiger partial charge is 0.244 e. The van der Waals surface area contributed by atoms with Gasteiger partial charge in [-0.2, -0.15) is 0 Å². The van der Waals surface area contributed by atoms with E-state index in [1.807, 2.05) is 12.3 Å². The second-order valence-electron chi connectivity index (χ2n) is 4.55. The van der Waals surface area contributed by atoms with Crippen LogP contribution < -0.4 is 5.32 Å². The van der Waals surface area contributed by atoms with Crippen LogP contribution in [0.15, 0.2) is 46.7 Å². The van der Waals surface area contributed by atoms with Crippen LogP contribution in [0.25, 0.3) is 6.08 Å². The number of amides is 1. The van der Waals surface area contributed by atoms with E-state index in [1.165, 1.54) is 17.4 Å². The topological polar surface area (TPSA) is 76.1 Å².